The van der Waals surface area contributed by atoms with E-state index < -0.39 is 0 Å². The lowest BCUT2D eigenvalue weighted by molar-refractivity contribution is 0.385. The van der Waals surface area contributed by atoms with Crippen LogP contribution in [0, 0.1) is 13.8 Å². The maximum atomic E-state index is 5.88. The molecule has 39 heavy (non-hydrogen) atoms. The highest BCUT2D eigenvalue weighted by Gasteiger charge is 2.26. The molecule has 0 aliphatic carbocycles. The number of nitrogens with one attached hydrogen (secondary N) is 2. The Kier molecular flexibility index (Phi) is 8.83. The van der Waals surface area contributed by atoms with Crippen LogP contribution in [-0.2, 0) is 19.4 Å². The standard InChI is InChI=1S/C27H43N11S/c1-17-9-10-23(39-17)12-14-36(6)26-32-20(4)33-27(38(26)8)37(7)16-22-15-21(18(2)29-22)11-13-35(5)25-31-19(3)30-24(28)34-25/h9-10,15,19-20,29H,11-14,16H2,1-8H3,(H3,28,30,31,34). The van der Waals surface area contributed by atoms with Crippen LogP contribution in [0.4, 0.5) is 0 Å². The van der Waals surface area contributed by atoms with Gasteiger partial charge in [-0.15, -0.1) is 11.3 Å². The number of aliphatic imine (C=N–C) groups is 4. The molecule has 0 fully saturated rings. The summed E-state index contributed by atoms with van der Waals surface area (Å²) in [5.41, 5.74) is 9.50. The van der Waals surface area contributed by atoms with Crippen molar-refractivity contribution >= 4 is 35.2 Å². The number of H-pyrrole nitrogens is 1. The molecule has 0 aromatic carbocycles. The number of hydrogen-bond acceptors (Lipinski definition) is 11. The van der Waals surface area contributed by atoms with Crippen molar-refractivity contribution < 1.29 is 0 Å². The summed E-state index contributed by atoms with van der Waals surface area (Å²) in [6.45, 7) is 10.7. The summed E-state index contributed by atoms with van der Waals surface area (Å²) < 4.78 is 0. The number of nitrogens with zero attached hydrogens (tertiary/aromatic N) is 8. The summed E-state index contributed by atoms with van der Waals surface area (Å²) in [6, 6.07) is 6.67. The highest BCUT2D eigenvalue weighted by molar-refractivity contribution is 7.11. The Labute approximate surface area is 236 Å². The number of rotatable bonds is 8. The third-order valence-electron chi connectivity index (χ3n) is 6.92. The summed E-state index contributed by atoms with van der Waals surface area (Å²) in [4.78, 5) is 33.4. The second-order valence-corrected chi connectivity index (χ2v) is 11.8. The lowest BCUT2D eigenvalue weighted by atomic mass is 10.1. The van der Waals surface area contributed by atoms with Gasteiger partial charge in [-0.1, -0.05) is 0 Å². The van der Waals surface area contributed by atoms with E-state index in [4.69, 9.17) is 15.7 Å². The second kappa shape index (κ2) is 12.1. The van der Waals surface area contributed by atoms with Crippen LogP contribution in [0.1, 0.15) is 40.6 Å². The fourth-order valence-electron chi connectivity index (χ4n) is 4.85. The normalized spacial score (nSPS) is 19.1. The molecule has 2 aromatic heterocycles. The van der Waals surface area contributed by atoms with E-state index in [-0.39, 0.29) is 12.3 Å². The first-order chi connectivity index (χ1) is 18.5. The Morgan fingerprint density at radius 3 is 2.26 bits per heavy atom. The maximum absolute atomic E-state index is 5.88. The van der Waals surface area contributed by atoms with Crippen molar-refractivity contribution in [1.29, 1.82) is 0 Å². The lowest BCUT2D eigenvalue weighted by Gasteiger charge is -2.37. The Bertz CT molecular complexity index is 1270. The van der Waals surface area contributed by atoms with Gasteiger partial charge in [0.15, 0.2) is 5.96 Å². The van der Waals surface area contributed by atoms with Gasteiger partial charge in [-0.25, -0.2) is 20.0 Å². The van der Waals surface area contributed by atoms with Crippen molar-refractivity contribution in [3.63, 3.8) is 0 Å². The molecule has 212 valence electrons. The van der Waals surface area contributed by atoms with Crippen LogP contribution in [0.5, 0.6) is 0 Å². The average Bonchev–Trinajstić information content (AvgIpc) is 3.45. The minimum Gasteiger partial charge on any atom is -0.370 e. The molecule has 0 saturated carbocycles. The summed E-state index contributed by atoms with van der Waals surface area (Å²) in [6.07, 6.45) is 1.59. The summed E-state index contributed by atoms with van der Waals surface area (Å²) >= 11 is 1.86. The molecule has 4 heterocycles. The van der Waals surface area contributed by atoms with Gasteiger partial charge in [0.05, 0.1) is 6.54 Å². The average molecular weight is 554 g/mol. The zero-order valence-electron chi connectivity index (χ0n) is 24.5. The predicted molar refractivity (Wildman–Crippen MR) is 162 cm³/mol. The molecule has 2 unspecified atom stereocenters. The Morgan fingerprint density at radius 2 is 1.59 bits per heavy atom. The lowest BCUT2D eigenvalue weighted by Crippen LogP contribution is -2.52. The molecular weight excluding hydrogens is 510 g/mol. The third kappa shape index (κ3) is 7.11. The van der Waals surface area contributed by atoms with Crippen molar-refractivity contribution in [2.45, 2.75) is 59.4 Å². The van der Waals surface area contributed by atoms with Gasteiger partial charge in [0, 0.05) is 62.4 Å². The zero-order chi connectivity index (χ0) is 28.3. The van der Waals surface area contributed by atoms with Gasteiger partial charge < -0.3 is 25.4 Å². The largest absolute Gasteiger partial charge is 0.370 e. The Morgan fingerprint density at radius 1 is 0.923 bits per heavy atom. The highest BCUT2D eigenvalue weighted by atomic mass is 32.1. The topological polar surface area (TPSA) is 116 Å². The molecule has 0 amide bonds. The minimum absolute atomic E-state index is 0.130. The van der Waals surface area contributed by atoms with E-state index in [0.717, 1.165) is 56.0 Å². The second-order valence-electron chi connectivity index (χ2n) is 10.4. The van der Waals surface area contributed by atoms with E-state index in [9.17, 15) is 0 Å². The van der Waals surface area contributed by atoms with E-state index >= 15 is 0 Å². The number of aromatic amines is 1. The van der Waals surface area contributed by atoms with Gasteiger partial charge in [0.1, 0.15) is 12.3 Å². The third-order valence-corrected chi connectivity index (χ3v) is 7.98. The predicted octanol–water partition coefficient (Wildman–Crippen LogP) is 2.40. The number of aryl methyl sites for hydroxylation is 2. The van der Waals surface area contributed by atoms with Crippen molar-refractivity contribution in [3.05, 3.63) is 44.9 Å². The van der Waals surface area contributed by atoms with Crippen LogP contribution >= 0.6 is 11.3 Å². The van der Waals surface area contributed by atoms with Crippen LogP contribution in [-0.4, -0.2) is 102 Å². The van der Waals surface area contributed by atoms with Gasteiger partial charge in [0.2, 0.25) is 17.9 Å². The van der Waals surface area contributed by atoms with Gasteiger partial charge in [-0.2, -0.15) is 0 Å². The van der Waals surface area contributed by atoms with Crippen molar-refractivity contribution in [3.8, 4) is 0 Å². The van der Waals surface area contributed by atoms with E-state index in [0.29, 0.717) is 5.96 Å². The maximum Gasteiger partial charge on any atom is 0.205 e. The van der Waals surface area contributed by atoms with Crippen LogP contribution in [0.25, 0.3) is 0 Å². The van der Waals surface area contributed by atoms with Crippen LogP contribution < -0.4 is 11.1 Å². The smallest absolute Gasteiger partial charge is 0.205 e. The summed E-state index contributed by atoms with van der Waals surface area (Å²) in [5, 5.41) is 3.06. The first-order valence-electron chi connectivity index (χ1n) is 13.4. The number of nitrogens with two attached hydrogens (primary N) is 1. The molecule has 4 N–H and O–H groups in total. The first kappa shape index (κ1) is 28.5. The fraction of sp³-hybridized carbons (Fsp3) is 0.556. The highest BCUT2D eigenvalue weighted by Crippen LogP contribution is 2.18. The monoisotopic (exact) mass is 553 g/mol. The Hall–Kier alpha value is -3.54. The molecule has 0 bridgehead atoms. The van der Waals surface area contributed by atoms with Gasteiger partial charge in [-0.3, -0.25) is 10.2 Å². The molecule has 0 spiro atoms. The fourth-order valence-corrected chi connectivity index (χ4v) is 5.73. The van der Waals surface area contributed by atoms with E-state index in [1.54, 1.807) is 0 Å². The van der Waals surface area contributed by atoms with Crippen molar-refractivity contribution in [2.75, 3.05) is 41.3 Å². The van der Waals surface area contributed by atoms with E-state index in [1.165, 1.54) is 21.0 Å². The number of aromatic nitrogens is 1. The zero-order valence-corrected chi connectivity index (χ0v) is 25.3. The SMILES string of the molecule is Cc1ccc(CCN(C)C2=NC(C)N=C(N(C)Cc3cc(CCN(C)C4=NC(C)N=C(N)N4)c(C)[nH]3)N2C)s1. The van der Waals surface area contributed by atoms with Gasteiger partial charge in [0.25, 0.3) is 0 Å². The molecule has 0 saturated heterocycles. The quantitative estimate of drug-likeness (QED) is 0.462. The minimum atomic E-state index is -0.168. The van der Waals surface area contributed by atoms with Crippen LogP contribution in [0.3, 0.4) is 0 Å². The van der Waals surface area contributed by atoms with Crippen LogP contribution in [0.2, 0.25) is 0 Å². The molecule has 2 atom stereocenters. The molecule has 2 aliphatic heterocycles. The van der Waals surface area contributed by atoms with Gasteiger partial charge in [-0.05, 0) is 64.3 Å². The van der Waals surface area contributed by atoms with E-state index in [2.05, 4.69) is 86.0 Å². The molecule has 11 nitrogen and oxygen atoms in total. The molecule has 2 aromatic rings. The number of guanidine groups is 4. The number of likely N-dealkylation sites (N-methyl/N-ethyl adjacent to an activating group) is 2. The van der Waals surface area contributed by atoms with E-state index in [1.807, 2.05) is 39.3 Å². The van der Waals surface area contributed by atoms with Gasteiger partial charge >= 0.3 is 0 Å². The Balaban J connectivity index is 1.34. The number of hydrogen-bond donors (Lipinski definition) is 3. The van der Waals surface area contributed by atoms with Crippen LogP contribution in [0.15, 0.2) is 38.2 Å². The summed E-state index contributed by atoms with van der Waals surface area (Å²) in [5.74, 6) is 3.01. The summed E-state index contributed by atoms with van der Waals surface area (Å²) in [7, 11) is 8.26. The number of thiophene rings is 1. The molecule has 12 heteroatoms. The van der Waals surface area contributed by atoms with Crippen molar-refractivity contribution in [2.24, 2.45) is 25.7 Å². The first-order valence-corrected chi connectivity index (χ1v) is 14.2. The molecular formula is C27H43N11S. The molecule has 4 rings (SSSR count). The molecule has 0 radical (unpaired) electrons. The van der Waals surface area contributed by atoms with Crippen molar-refractivity contribution in [1.82, 2.24) is 29.9 Å². The molecule has 2 aliphatic rings.